The highest BCUT2D eigenvalue weighted by molar-refractivity contribution is 5.92. The standard InChI is InChI=1S/C22H18N6O/c1-15-24-25-21-10-9-19(26-28(15)21)17-6-4-7-18(13-17)23-22(29)14-27-12-11-16-5-2-3-8-20(16)27/h2-13H,14H2,1H3,(H,23,29). The van der Waals surface area contributed by atoms with Crippen LogP contribution < -0.4 is 5.32 Å². The molecule has 0 saturated heterocycles. The fourth-order valence-corrected chi connectivity index (χ4v) is 3.44. The van der Waals surface area contributed by atoms with Crippen LogP contribution in [-0.2, 0) is 11.3 Å². The van der Waals surface area contributed by atoms with Crippen LogP contribution in [0.2, 0.25) is 0 Å². The molecule has 0 unspecified atom stereocenters. The fraction of sp³-hybridized carbons (Fsp3) is 0.0909. The minimum Gasteiger partial charge on any atom is -0.338 e. The molecule has 29 heavy (non-hydrogen) atoms. The lowest BCUT2D eigenvalue weighted by Gasteiger charge is -2.09. The van der Waals surface area contributed by atoms with E-state index in [-0.39, 0.29) is 12.5 Å². The number of anilines is 1. The molecule has 1 amide bonds. The highest BCUT2D eigenvalue weighted by Crippen LogP contribution is 2.22. The van der Waals surface area contributed by atoms with Gasteiger partial charge in [-0.05, 0) is 48.7 Å². The number of benzene rings is 2. The monoisotopic (exact) mass is 382 g/mol. The Morgan fingerprint density at radius 1 is 1.00 bits per heavy atom. The molecule has 0 aliphatic rings. The third-order valence-corrected chi connectivity index (χ3v) is 4.85. The smallest absolute Gasteiger partial charge is 0.244 e. The number of carbonyl (C=O) groups excluding carboxylic acids is 1. The summed E-state index contributed by atoms with van der Waals surface area (Å²) in [4.78, 5) is 12.6. The van der Waals surface area contributed by atoms with Gasteiger partial charge in [-0.2, -0.15) is 9.61 Å². The van der Waals surface area contributed by atoms with Gasteiger partial charge in [0.2, 0.25) is 5.91 Å². The van der Waals surface area contributed by atoms with Crippen LogP contribution in [0.1, 0.15) is 5.82 Å². The summed E-state index contributed by atoms with van der Waals surface area (Å²) in [6.45, 7) is 2.11. The largest absolute Gasteiger partial charge is 0.338 e. The molecular weight excluding hydrogens is 364 g/mol. The van der Waals surface area contributed by atoms with Gasteiger partial charge in [-0.1, -0.05) is 30.3 Å². The van der Waals surface area contributed by atoms with Crippen LogP contribution in [0.3, 0.4) is 0 Å². The summed E-state index contributed by atoms with van der Waals surface area (Å²) in [6.07, 6.45) is 1.93. The van der Waals surface area contributed by atoms with E-state index in [1.165, 1.54) is 0 Å². The van der Waals surface area contributed by atoms with Crippen LogP contribution in [-0.4, -0.2) is 30.3 Å². The third kappa shape index (κ3) is 3.23. The zero-order chi connectivity index (χ0) is 19.8. The van der Waals surface area contributed by atoms with Crippen molar-refractivity contribution in [2.24, 2.45) is 0 Å². The molecule has 0 aliphatic carbocycles. The molecule has 3 heterocycles. The summed E-state index contributed by atoms with van der Waals surface area (Å²) >= 11 is 0. The van der Waals surface area contributed by atoms with Crippen molar-refractivity contribution < 1.29 is 4.79 Å². The lowest BCUT2D eigenvalue weighted by Crippen LogP contribution is -2.18. The minimum absolute atomic E-state index is 0.0819. The third-order valence-electron chi connectivity index (χ3n) is 4.85. The van der Waals surface area contributed by atoms with Gasteiger partial charge >= 0.3 is 0 Å². The zero-order valence-corrected chi connectivity index (χ0v) is 15.8. The predicted octanol–water partition coefficient (Wildman–Crippen LogP) is 3.69. The highest BCUT2D eigenvalue weighted by atomic mass is 16.1. The molecule has 1 N–H and O–H groups in total. The number of nitrogens with zero attached hydrogens (tertiary/aromatic N) is 5. The van der Waals surface area contributed by atoms with Gasteiger partial charge < -0.3 is 9.88 Å². The maximum Gasteiger partial charge on any atom is 0.244 e. The van der Waals surface area contributed by atoms with Gasteiger partial charge in [-0.15, -0.1) is 10.2 Å². The second-order valence-electron chi connectivity index (χ2n) is 6.87. The van der Waals surface area contributed by atoms with Gasteiger partial charge in [0.15, 0.2) is 11.5 Å². The number of aromatic nitrogens is 5. The minimum atomic E-state index is -0.0819. The summed E-state index contributed by atoms with van der Waals surface area (Å²) < 4.78 is 3.65. The molecule has 0 fully saturated rings. The summed E-state index contributed by atoms with van der Waals surface area (Å²) in [5, 5.41) is 16.8. The number of amides is 1. The SMILES string of the molecule is Cc1nnc2ccc(-c3cccc(NC(=O)Cn4ccc5ccccc54)c3)nn12. The van der Waals surface area contributed by atoms with Crippen LogP contribution in [0.15, 0.2) is 72.9 Å². The average Bonchev–Trinajstić information content (AvgIpc) is 3.32. The second kappa shape index (κ2) is 6.87. The van der Waals surface area contributed by atoms with Gasteiger partial charge in [-0.25, -0.2) is 0 Å². The first-order valence-electron chi connectivity index (χ1n) is 9.31. The van der Waals surface area contributed by atoms with Crippen LogP contribution in [0.4, 0.5) is 5.69 Å². The number of hydrogen-bond acceptors (Lipinski definition) is 4. The van der Waals surface area contributed by atoms with Crippen LogP contribution in [0.25, 0.3) is 27.8 Å². The van der Waals surface area contributed by atoms with Gasteiger partial charge in [0.05, 0.1) is 5.69 Å². The molecule has 0 radical (unpaired) electrons. The zero-order valence-electron chi connectivity index (χ0n) is 15.8. The van der Waals surface area contributed by atoms with Gasteiger partial charge in [-0.3, -0.25) is 4.79 Å². The number of nitrogens with one attached hydrogen (secondary N) is 1. The molecule has 0 atom stereocenters. The highest BCUT2D eigenvalue weighted by Gasteiger charge is 2.09. The average molecular weight is 382 g/mol. The molecule has 0 saturated carbocycles. The van der Waals surface area contributed by atoms with E-state index in [2.05, 4.69) is 20.6 Å². The molecule has 5 rings (SSSR count). The van der Waals surface area contributed by atoms with E-state index in [0.717, 1.165) is 33.7 Å². The summed E-state index contributed by atoms with van der Waals surface area (Å²) in [6, 6.07) is 21.5. The number of hydrogen-bond donors (Lipinski definition) is 1. The van der Waals surface area contributed by atoms with Crippen molar-refractivity contribution in [3.63, 3.8) is 0 Å². The Hall–Kier alpha value is -4.00. The Kier molecular flexibility index (Phi) is 4.05. The van der Waals surface area contributed by atoms with E-state index >= 15 is 0 Å². The van der Waals surface area contributed by atoms with Crippen LogP contribution in [0.5, 0.6) is 0 Å². The first kappa shape index (κ1) is 17.1. The summed E-state index contributed by atoms with van der Waals surface area (Å²) in [5.41, 5.74) is 4.16. The Morgan fingerprint density at radius 2 is 1.90 bits per heavy atom. The van der Waals surface area contributed by atoms with Crippen molar-refractivity contribution >= 4 is 28.1 Å². The maximum atomic E-state index is 12.6. The molecule has 142 valence electrons. The normalized spacial score (nSPS) is 11.2. The van der Waals surface area contributed by atoms with Gasteiger partial charge in [0.1, 0.15) is 6.54 Å². The van der Waals surface area contributed by atoms with Crippen molar-refractivity contribution in [1.29, 1.82) is 0 Å². The van der Waals surface area contributed by atoms with Gasteiger partial charge in [0.25, 0.3) is 0 Å². The molecule has 5 aromatic rings. The van der Waals surface area contributed by atoms with Crippen molar-refractivity contribution in [2.45, 2.75) is 13.5 Å². The first-order valence-corrected chi connectivity index (χ1v) is 9.31. The number of rotatable bonds is 4. The number of para-hydroxylation sites is 1. The molecular formula is C22H18N6O. The molecule has 0 aliphatic heterocycles. The molecule has 0 bridgehead atoms. The van der Waals surface area contributed by atoms with E-state index in [4.69, 9.17) is 0 Å². The molecule has 3 aromatic heterocycles. The summed E-state index contributed by atoms with van der Waals surface area (Å²) in [7, 11) is 0. The van der Waals surface area contributed by atoms with E-state index in [9.17, 15) is 4.79 Å². The first-order chi connectivity index (χ1) is 14.2. The molecule has 0 spiro atoms. The number of aryl methyl sites for hydroxylation is 1. The van der Waals surface area contributed by atoms with E-state index in [1.807, 2.05) is 84.4 Å². The number of fused-ring (bicyclic) bond motifs is 2. The molecule has 7 heteroatoms. The fourth-order valence-electron chi connectivity index (χ4n) is 3.44. The van der Waals surface area contributed by atoms with Crippen molar-refractivity contribution in [3.05, 3.63) is 78.8 Å². The summed E-state index contributed by atoms with van der Waals surface area (Å²) in [5.74, 6) is 0.645. The second-order valence-corrected chi connectivity index (χ2v) is 6.87. The lowest BCUT2D eigenvalue weighted by atomic mass is 10.1. The maximum absolute atomic E-state index is 12.6. The predicted molar refractivity (Wildman–Crippen MR) is 112 cm³/mol. The van der Waals surface area contributed by atoms with E-state index < -0.39 is 0 Å². The van der Waals surface area contributed by atoms with Crippen molar-refractivity contribution in [2.75, 3.05) is 5.32 Å². The molecule has 2 aromatic carbocycles. The van der Waals surface area contributed by atoms with Crippen LogP contribution in [0, 0.1) is 6.92 Å². The van der Waals surface area contributed by atoms with Crippen molar-refractivity contribution in [3.8, 4) is 11.3 Å². The quantitative estimate of drug-likeness (QED) is 0.514. The van der Waals surface area contributed by atoms with E-state index in [1.54, 1.807) is 4.52 Å². The Morgan fingerprint density at radius 3 is 2.83 bits per heavy atom. The van der Waals surface area contributed by atoms with Crippen molar-refractivity contribution in [1.82, 2.24) is 24.4 Å². The van der Waals surface area contributed by atoms with Crippen LogP contribution >= 0.6 is 0 Å². The topological polar surface area (TPSA) is 77.1 Å². The van der Waals surface area contributed by atoms with Gasteiger partial charge in [0, 0.05) is 23.0 Å². The Bertz CT molecular complexity index is 1350. The Labute approximate surface area is 166 Å². The molecule has 7 nitrogen and oxygen atoms in total. The Balaban J connectivity index is 1.37. The number of carbonyl (C=O) groups is 1. The van der Waals surface area contributed by atoms with E-state index in [0.29, 0.717) is 5.65 Å². The lowest BCUT2D eigenvalue weighted by molar-refractivity contribution is -0.116.